The summed E-state index contributed by atoms with van der Waals surface area (Å²) < 4.78 is 5.53. The van der Waals surface area contributed by atoms with E-state index in [0.29, 0.717) is 6.42 Å². The minimum atomic E-state index is -0.831. The van der Waals surface area contributed by atoms with Crippen LogP contribution in [-0.4, -0.2) is 23.3 Å². The SMILES string of the molecule is CCCCCCC(C)OC(CCC)C(=O)O. The summed E-state index contributed by atoms with van der Waals surface area (Å²) in [5.41, 5.74) is 0. The first kappa shape index (κ1) is 15.4. The number of rotatable bonds is 10. The minimum Gasteiger partial charge on any atom is -0.479 e. The molecule has 0 rings (SSSR count). The molecule has 3 heteroatoms. The van der Waals surface area contributed by atoms with Gasteiger partial charge in [0.25, 0.3) is 0 Å². The van der Waals surface area contributed by atoms with Crippen LogP contribution in [0.25, 0.3) is 0 Å². The molecule has 0 aromatic carbocycles. The van der Waals surface area contributed by atoms with Crippen LogP contribution in [0.15, 0.2) is 0 Å². The van der Waals surface area contributed by atoms with E-state index in [4.69, 9.17) is 9.84 Å². The smallest absolute Gasteiger partial charge is 0.332 e. The molecule has 0 aliphatic rings. The summed E-state index contributed by atoms with van der Waals surface area (Å²) in [5, 5.41) is 8.94. The number of carbonyl (C=O) groups is 1. The Morgan fingerprint density at radius 3 is 2.31 bits per heavy atom. The van der Waals surface area contributed by atoms with Crippen molar-refractivity contribution < 1.29 is 14.6 Å². The summed E-state index contributed by atoms with van der Waals surface area (Å²) in [7, 11) is 0. The van der Waals surface area contributed by atoms with Crippen molar-refractivity contribution >= 4 is 5.97 Å². The van der Waals surface area contributed by atoms with Crippen LogP contribution in [0.5, 0.6) is 0 Å². The van der Waals surface area contributed by atoms with Crippen LogP contribution in [0.4, 0.5) is 0 Å². The van der Waals surface area contributed by atoms with E-state index in [0.717, 1.165) is 19.3 Å². The lowest BCUT2D eigenvalue weighted by Gasteiger charge is -2.18. The third-order valence-electron chi connectivity index (χ3n) is 2.69. The van der Waals surface area contributed by atoms with Gasteiger partial charge < -0.3 is 9.84 Å². The highest BCUT2D eigenvalue weighted by atomic mass is 16.5. The van der Waals surface area contributed by atoms with Crippen LogP contribution in [-0.2, 0) is 9.53 Å². The highest BCUT2D eigenvalue weighted by molar-refractivity contribution is 5.72. The summed E-state index contributed by atoms with van der Waals surface area (Å²) in [6.07, 6.45) is 6.69. The van der Waals surface area contributed by atoms with Crippen LogP contribution in [0.2, 0.25) is 0 Å². The molecule has 0 heterocycles. The van der Waals surface area contributed by atoms with Crippen molar-refractivity contribution in [2.45, 2.75) is 77.9 Å². The van der Waals surface area contributed by atoms with Gasteiger partial charge in [-0.2, -0.15) is 0 Å². The Labute approximate surface area is 99.2 Å². The molecule has 0 saturated heterocycles. The van der Waals surface area contributed by atoms with Gasteiger partial charge in [0.2, 0.25) is 0 Å². The monoisotopic (exact) mass is 230 g/mol. The van der Waals surface area contributed by atoms with Gasteiger partial charge in [-0.1, -0.05) is 46.0 Å². The normalized spacial score (nSPS) is 14.7. The van der Waals surface area contributed by atoms with Crippen molar-refractivity contribution in [2.24, 2.45) is 0 Å². The Bertz CT molecular complexity index is 180. The summed E-state index contributed by atoms with van der Waals surface area (Å²) >= 11 is 0. The first-order valence-electron chi connectivity index (χ1n) is 6.50. The van der Waals surface area contributed by atoms with E-state index in [1.54, 1.807) is 0 Å². The molecule has 0 aliphatic heterocycles. The Hall–Kier alpha value is -0.570. The van der Waals surface area contributed by atoms with Crippen molar-refractivity contribution in [1.82, 2.24) is 0 Å². The molecular formula is C13H26O3. The maximum absolute atomic E-state index is 10.9. The Morgan fingerprint density at radius 2 is 1.81 bits per heavy atom. The number of hydrogen-bond acceptors (Lipinski definition) is 2. The predicted molar refractivity (Wildman–Crippen MR) is 65.6 cm³/mol. The molecule has 0 aromatic heterocycles. The largest absolute Gasteiger partial charge is 0.479 e. The first-order valence-corrected chi connectivity index (χ1v) is 6.50. The van der Waals surface area contributed by atoms with Crippen molar-refractivity contribution in [3.05, 3.63) is 0 Å². The number of carboxylic acids is 1. The second-order valence-electron chi connectivity index (χ2n) is 4.41. The van der Waals surface area contributed by atoms with E-state index in [2.05, 4.69) is 6.92 Å². The zero-order valence-corrected chi connectivity index (χ0v) is 10.9. The summed E-state index contributed by atoms with van der Waals surface area (Å²) in [6, 6.07) is 0. The highest BCUT2D eigenvalue weighted by Crippen LogP contribution is 2.12. The maximum atomic E-state index is 10.9. The molecule has 0 saturated carbocycles. The average Bonchev–Trinajstić information content (AvgIpc) is 2.23. The molecule has 0 aromatic rings. The molecule has 1 N–H and O–H groups in total. The number of ether oxygens (including phenoxy) is 1. The zero-order chi connectivity index (χ0) is 12.4. The summed E-state index contributed by atoms with van der Waals surface area (Å²) in [5.74, 6) is -0.831. The fourth-order valence-electron chi connectivity index (χ4n) is 1.72. The second kappa shape index (κ2) is 9.64. The lowest BCUT2D eigenvalue weighted by Crippen LogP contribution is -2.27. The van der Waals surface area contributed by atoms with Crippen molar-refractivity contribution in [3.8, 4) is 0 Å². The van der Waals surface area contributed by atoms with Crippen LogP contribution < -0.4 is 0 Å². The molecular weight excluding hydrogens is 204 g/mol. The topological polar surface area (TPSA) is 46.5 Å². The van der Waals surface area contributed by atoms with Crippen LogP contribution in [0.1, 0.15) is 65.7 Å². The molecule has 0 fully saturated rings. The van der Waals surface area contributed by atoms with Crippen molar-refractivity contribution in [1.29, 1.82) is 0 Å². The van der Waals surface area contributed by atoms with E-state index < -0.39 is 12.1 Å². The van der Waals surface area contributed by atoms with Crippen LogP contribution >= 0.6 is 0 Å². The molecule has 0 spiro atoms. The molecule has 2 unspecified atom stereocenters. The quantitative estimate of drug-likeness (QED) is 0.583. The van der Waals surface area contributed by atoms with Gasteiger partial charge in [0, 0.05) is 0 Å². The van der Waals surface area contributed by atoms with E-state index >= 15 is 0 Å². The molecule has 0 aliphatic carbocycles. The average molecular weight is 230 g/mol. The fourth-order valence-corrected chi connectivity index (χ4v) is 1.72. The molecule has 0 amide bonds. The minimum absolute atomic E-state index is 0.0597. The van der Waals surface area contributed by atoms with Gasteiger partial charge in [0.1, 0.15) is 0 Å². The molecule has 96 valence electrons. The highest BCUT2D eigenvalue weighted by Gasteiger charge is 2.19. The molecule has 16 heavy (non-hydrogen) atoms. The van der Waals surface area contributed by atoms with Gasteiger partial charge in [0.15, 0.2) is 6.10 Å². The van der Waals surface area contributed by atoms with Gasteiger partial charge in [-0.3, -0.25) is 0 Å². The fraction of sp³-hybridized carbons (Fsp3) is 0.923. The number of carboxylic acid groups (broad SMARTS) is 1. The van der Waals surface area contributed by atoms with Gasteiger partial charge in [-0.15, -0.1) is 0 Å². The predicted octanol–water partition coefficient (Wildman–Crippen LogP) is 3.62. The molecule has 3 nitrogen and oxygen atoms in total. The van der Waals surface area contributed by atoms with Gasteiger partial charge in [0.05, 0.1) is 6.10 Å². The third kappa shape index (κ3) is 7.69. The second-order valence-corrected chi connectivity index (χ2v) is 4.41. The Kier molecular flexibility index (Phi) is 9.30. The molecule has 0 bridgehead atoms. The molecule has 0 radical (unpaired) electrons. The number of unbranched alkanes of at least 4 members (excludes halogenated alkanes) is 3. The first-order chi connectivity index (χ1) is 7.61. The molecule has 2 atom stereocenters. The van der Waals surface area contributed by atoms with Gasteiger partial charge in [-0.05, 0) is 19.8 Å². The Balaban J connectivity index is 3.72. The number of hydrogen-bond donors (Lipinski definition) is 1. The standard InChI is InChI=1S/C13H26O3/c1-4-6-7-8-10-11(3)16-12(9-5-2)13(14)15/h11-12H,4-10H2,1-3H3,(H,14,15). The Morgan fingerprint density at radius 1 is 1.12 bits per heavy atom. The lowest BCUT2D eigenvalue weighted by molar-refractivity contribution is -0.154. The van der Waals surface area contributed by atoms with Crippen LogP contribution in [0.3, 0.4) is 0 Å². The maximum Gasteiger partial charge on any atom is 0.332 e. The van der Waals surface area contributed by atoms with Crippen molar-refractivity contribution in [3.63, 3.8) is 0 Å². The summed E-state index contributed by atoms with van der Waals surface area (Å²) in [6.45, 7) is 6.13. The zero-order valence-electron chi connectivity index (χ0n) is 10.9. The third-order valence-corrected chi connectivity index (χ3v) is 2.69. The van der Waals surface area contributed by atoms with Gasteiger partial charge >= 0.3 is 5.97 Å². The van der Waals surface area contributed by atoms with E-state index in [1.807, 2.05) is 13.8 Å². The van der Waals surface area contributed by atoms with E-state index in [1.165, 1.54) is 19.3 Å². The lowest BCUT2D eigenvalue weighted by atomic mass is 10.1. The number of aliphatic carboxylic acids is 1. The van der Waals surface area contributed by atoms with Gasteiger partial charge in [-0.25, -0.2) is 4.79 Å². The summed E-state index contributed by atoms with van der Waals surface area (Å²) in [4.78, 5) is 10.9. The van der Waals surface area contributed by atoms with Crippen LogP contribution in [0, 0.1) is 0 Å². The van der Waals surface area contributed by atoms with E-state index in [9.17, 15) is 4.79 Å². The van der Waals surface area contributed by atoms with E-state index in [-0.39, 0.29) is 6.10 Å². The van der Waals surface area contributed by atoms with Crippen molar-refractivity contribution in [2.75, 3.05) is 0 Å².